The third-order valence-electron chi connectivity index (χ3n) is 4.66. The Morgan fingerprint density at radius 2 is 0.778 bits per heavy atom. The Hall–Kier alpha value is -3.70. The van der Waals surface area contributed by atoms with Crippen molar-refractivity contribution in [3.8, 4) is 11.5 Å². The number of halogens is 4. The van der Waals surface area contributed by atoms with Crippen molar-refractivity contribution in [3.05, 3.63) is 68.7 Å². The Bertz CT molecular complexity index is 1270. The number of esters is 2. The molecule has 4 rings (SSSR count). The van der Waals surface area contributed by atoms with E-state index >= 15 is 0 Å². The van der Waals surface area contributed by atoms with Crippen molar-refractivity contribution in [1.29, 1.82) is 0 Å². The first-order valence-electron chi connectivity index (χ1n) is 9.52. The van der Waals surface area contributed by atoms with Crippen molar-refractivity contribution < 1.29 is 38.2 Å². The van der Waals surface area contributed by atoms with E-state index in [4.69, 9.17) is 55.9 Å². The van der Waals surface area contributed by atoms with Gasteiger partial charge >= 0.3 is 11.9 Å². The summed E-state index contributed by atoms with van der Waals surface area (Å²) >= 11 is 24.3. The van der Waals surface area contributed by atoms with Crippen LogP contribution in [0.5, 0.6) is 11.5 Å². The molecule has 36 heavy (non-hydrogen) atoms. The predicted octanol–water partition coefficient (Wildman–Crippen LogP) is 3.67. The van der Waals surface area contributed by atoms with Gasteiger partial charge in [0.1, 0.15) is 0 Å². The maximum absolute atomic E-state index is 12.3. The Morgan fingerprint density at radius 1 is 0.528 bits per heavy atom. The number of hydrogen-bond acceptors (Lipinski definition) is 8. The second kappa shape index (κ2) is 9.75. The summed E-state index contributed by atoms with van der Waals surface area (Å²) in [5, 5.41) is -1.17. The summed E-state index contributed by atoms with van der Waals surface area (Å²) in [6.07, 6.45) is 4.20. The van der Waals surface area contributed by atoms with Gasteiger partial charge in [-0.25, -0.2) is 19.4 Å². The number of ether oxygens (including phenoxy) is 2. The van der Waals surface area contributed by atoms with Crippen LogP contribution in [0.2, 0.25) is 20.1 Å². The van der Waals surface area contributed by atoms with Crippen LogP contribution in [0, 0.1) is 0 Å². The van der Waals surface area contributed by atoms with E-state index in [1.54, 1.807) is 0 Å². The standard InChI is InChI=1S/C22H8Cl4N2O8/c23-11-5-9(27-15(29)1-2-16(27)30)6-12(24)19(11)35-21(33)22(34)36-20-13(25)7-10(8-14(20)26)28-17(31)3-4-18(28)32/h1-8H. The Morgan fingerprint density at radius 3 is 1.03 bits per heavy atom. The van der Waals surface area contributed by atoms with Gasteiger partial charge in [0.15, 0.2) is 11.5 Å². The van der Waals surface area contributed by atoms with E-state index in [-0.39, 0.29) is 31.5 Å². The Balaban J connectivity index is 1.50. The zero-order chi connectivity index (χ0) is 26.3. The molecule has 2 aliphatic rings. The van der Waals surface area contributed by atoms with E-state index in [0.717, 1.165) is 58.4 Å². The molecule has 2 aliphatic heterocycles. The van der Waals surface area contributed by atoms with Gasteiger partial charge in [-0.1, -0.05) is 46.4 Å². The monoisotopic (exact) mass is 568 g/mol. The number of anilines is 2. The highest BCUT2D eigenvalue weighted by Crippen LogP contribution is 2.40. The lowest BCUT2D eigenvalue weighted by atomic mass is 10.2. The first-order chi connectivity index (χ1) is 17.0. The fourth-order valence-corrected chi connectivity index (χ4v) is 4.23. The summed E-state index contributed by atoms with van der Waals surface area (Å²) in [4.78, 5) is 73.6. The van der Waals surface area contributed by atoms with Crippen LogP contribution in [-0.2, 0) is 28.8 Å². The molecule has 0 fully saturated rings. The molecule has 0 bridgehead atoms. The highest BCUT2D eigenvalue weighted by Gasteiger charge is 2.30. The number of imide groups is 2. The molecule has 182 valence electrons. The van der Waals surface area contributed by atoms with E-state index in [2.05, 4.69) is 0 Å². The molecule has 2 aromatic carbocycles. The van der Waals surface area contributed by atoms with Gasteiger partial charge in [-0.3, -0.25) is 19.2 Å². The Labute approximate surface area is 221 Å². The van der Waals surface area contributed by atoms with Crippen molar-refractivity contribution >= 4 is 93.3 Å². The molecule has 0 aromatic heterocycles. The first-order valence-corrected chi connectivity index (χ1v) is 11.0. The number of hydrogen-bond donors (Lipinski definition) is 0. The van der Waals surface area contributed by atoms with Gasteiger partial charge in [0.2, 0.25) is 0 Å². The smallest absolute Gasteiger partial charge is 0.415 e. The Kier molecular flexibility index (Phi) is 6.87. The molecule has 0 saturated heterocycles. The molecular weight excluding hydrogens is 562 g/mol. The largest absolute Gasteiger partial charge is 0.423 e. The van der Waals surface area contributed by atoms with Gasteiger partial charge < -0.3 is 9.47 Å². The predicted molar refractivity (Wildman–Crippen MR) is 127 cm³/mol. The van der Waals surface area contributed by atoms with Gasteiger partial charge in [0.25, 0.3) is 23.6 Å². The molecule has 0 atom stereocenters. The fraction of sp³-hybridized carbons (Fsp3) is 0. The minimum atomic E-state index is -1.56. The number of nitrogens with zero attached hydrogens (tertiary/aromatic N) is 2. The van der Waals surface area contributed by atoms with Crippen molar-refractivity contribution in [3.63, 3.8) is 0 Å². The number of carbonyl (C=O) groups is 6. The van der Waals surface area contributed by atoms with E-state index in [9.17, 15) is 28.8 Å². The van der Waals surface area contributed by atoms with Crippen molar-refractivity contribution in [2.24, 2.45) is 0 Å². The molecule has 4 amide bonds. The summed E-state index contributed by atoms with van der Waals surface area (Å²) in [7, 11) is 0. The third-order valence-corrected chi connectivity index (χ3v) is 5.78. The number of benzene rings is 2. The molecular formula is C22H8Cl4N2O8. The van der Waals surface area contributed by atoms with E-state index in [1.165, 1.54) is 0 Å². The lowest BCUT2D eigenvalue weighted by Crippen LogP contribution is -2.30. The number of carbonyl (C=O) groups excluding carboxylic acids is 6. The first kappa shape index (κ1) is 25.4. The number of amides is 4. The molecule has 0 spiro atoms. The van der Waals surface area contributed by atoms with Crippen LogP contribution in [0.1, 0.15) is 0 Å². The molecule has 14 heteroatoms. The van der Waals surface area contributed by atoms with E-state index in [1.807, 2.05) is 0 Å². The minimum absolute atomic E-state index is 0.0104. The van der Waals surface area contributed by atoms with Gasteiger partial charge in [-0.2, -0.15) is 0 Å². The zero-order valence-corrected chi connectivity index (χ0v) is 20.3. The molecule has 10 nitrogen and oxygen atoms in total. The summed E-state index contributed by atoms with van der Waals surface area (Å²) in [5.74, 6) is -6.53. The normalized spacial score (nSPS) is 14.8. The third kappa shape index (κ3) is 4.71. The van der Waals surface area contributed by atoms with Gasteiger partial charge in [0.05, 0.1) is 31.5 Å². The fourth-order valence-electron chi connectivity index (χ4n) is 3.12. The van der Waals surface area contributed by atoms with Crippen LogP contribution in [0.25, 0.3) is 0 Å². The van der Waals surface area contributed by atoms with Crippen molar-refractivity contribution in [2.75, 3.05) is 9.80 Å². The summed E-state index contributed by atoms with van der Waals surface area (Å²) in [5.41, 5.74) is 0.0207. The highest BCUT2D eigenvalue weighted by molar-refractivity contribution is 6.41. The SMILES string of the molecule is O=C(Oc1c(Cl)cc(N2C(=O)C=CC2=O)cc1Cl)C(=O)Oc1c(Cl)cc(N2C(=O)C=CC2=O)cc1Cl. The molecule has 0 aliphatic carbocycles. The second-order valence-corrected chi connectivity index (χ2v) is 8.58. The lowest BCUT2D eigenvalue weighted by Gasteiger charge is -2.17. The van der Waals surface area contributed by atoms with Crippen molar-refractivity contribution in [2.45, 2.75) is 0 Å². The van der Waals surface area contributed by atoms with Crippen LogP contribution >= 0.6 is 46.4 Å². The molecule has 2 heterocycles. The lowest BCUT2D eigenvalue weighted by molar-refractivity contribution is -0.156. The van der Waals surface area contributed by atoms with Crippen molar-refractivity contribution in [1.82, 2.24) is 0 Å². The molecule has 0 saturated carbocycles. The summed E-state index contributed by atoms with van der Waals surface area (Å²) < 4.78 is 9.84. The average Bonchev–Trinajstić information content (AvgIpc) is 3.32. The van der Waals surface area contributed by atoms with Crippen LogP contribution in [0.4, 0.5) is 11.4 Å². The molecule has 0 N–H and O–H groups in total. The van der Waals surface area contributed by atoms with E-state index < -0.39 is 47.1 Å². The summed E-state index contributed by atoms with van der Waals surface area (Å²) in [6, 6.07) is 4.53. The topological polar surface area (TPSA) is 127 Å². The quantitative estimate of drug-likeness (QED) is 0.236. The van der Waals surface area contributed by atoms with Crippen LogP contribution in [0.15, 0.2) is 48.6 Å². The molecule has 0 unspecified atom stereocenters. The van der Waals surface area contributed by atoms with Crippen LogP contribution < -0.4 is 19.3 Å². The van der Waals surface area contributed by atoms with Crippen LogP contribution in [0.3, 0.4) is 0 Å². The van der Waals surface area contributed by atoms with E-state index in [0.29, 0.717) is 0 Å². The zero-order valence-electron chi connectivity index (χ0n) is 17.3. The maximum Gasteiger partial charge on any atom is 0.423 e. The minimum Gasteiger partial charge on any atom is -0.415 e. The van der Waals surface area contributed by atoms with Gasteiger partial charge in [-0.05, 0) is 24.3 Å². The van der Waals surface area contributed by atoms with Gasteiger partial charge in [-0.15, -0.1) is 0 Å². The average molecular weight is 570 g/mol. The second-order valence-electron chi connectivity index (χ2n) is 6.95. The van der Waals surface area contributed by atoms with Crippen LogP contribution in [-0.4, -0.2) is 35.6 Å². The maximum atomic E-state index is 12.3. The van der Waals surface area contributed by atoms with Gasteiger partial charge in [0, 0.05) is 24.3 Å². The summed E-state index contributed by atoms with van der Waals surface area (Å²) in [6.45, 7) is 0. The number of rotatable bonds is 4. The highest BCUT2D eigenvalue weighted by atomic mass is 35.5. The molecule has 2 aromatic rings. The molecule has 0 radical (unpaired) electrons.